The number of aromatic nitrogens is 2. The molecule has 0 aliphatic heterocycles. The molecule has 2 rings (SSSR count). The van der Waals surface area contributed by atoms with E-state index < -0.39 is 0 Å². The number of hydrogen-bond acceptors (Lipinski definition) is 6. The third-order valence-corrected chi connectivity index (χ3v) is 3.56. The fourth-order valence-electron chi connectivity index (χ4n) is 2.28. The van der Waals surface area contributed by atoms with Crippen molar-refractivity contribution in [3.8, 4) is 11.8 Å². The number of urea groups is 1. The topological polar surface area (TPSA) is 98.5 Å². The molecule has 2 aromatic heterocycles. The molecule has 0 radical (unpaired) electrons. The summed E-state index contributed by atoms with van der Waals surface area (Å²) in [5, 5.41) is 9.42. The number of amides is 2. The Kier molecular flexibility index (Phi) is 6.00. The molecule has 130 valence electrons. The van der Waals surface area contributed by atoms with E-state index in [1.807, 2.05) is 13.8 Å². The van der Waals surface area contributed by atoms with Gasteiger partial charge in [0.05, 0.1) is 19.9 Å². The molecular formula is C16H22N4O4. The monoisotopic (exact) mass is 334 g/mol. The Labute approximate surface area is 140 Å². The summed E-state index contributed by atoms with van der Waals surface area (Å²) in [4.78, 5) is 16.1. The van der Waals surface area contributed by atoms with E-state index in [-0.39, 0.29) is 6.03 Å². The first-order valence-electron chi connectivity index (χ1n) is 7.60. The molecule has 8 nitrogen and oxygen atoms in total. The van der Waals surface area contributed by atoms with E-state index in [1.165, 1.54) is 14.2 Å². The van der Waals surface area contributed by atoms with Crippen LogP contribution in [0.15, 0.2) is 16.7 Å². The third kappa shape index (κ3) is 4.37. The highest BCUT2D eigenvalue weighted by atomic mass is 16.5. The number of pyridine rings is 1. The van der Waals surface area contributed by atoms with Crippen molar-refractivity contribution in [1.82, 2.24) is 15.5 Å². The molecule has 2 aromatic rings. The van der Waals surface area contributed by atoms with Crippen LogP contribution in [-0.4, -0.2) is 36.9 Å². The van der Waals surface area contributed by atoms with Crippen LogP contribution in [-0.2, 0) is 6.42 Å². The third-order valence-electron chi connectivity index (χ3n) is 3.56. The largest absolute Gasteiger partial charge is 0.481 e. The second-order valence-electron chi connectivity index (χ2n) is 5.20. The molecule has 0 atom stereocenters. The molecule has 0 fully saturated rings. The number of carbonyl (C=O) groups is 1. The van der Waals surface area contributed by atoms with Gasteiger partial charge in [-0.3, -0.25) is 0 Å². The summed E-state index contributed by atoms with van der Waals surface area (Å²) < 4.78 is 15.3. The molecule has 2 amide bonds. The molecule has 0 spiro atoms. The maximum absolute atomic E-state index is 12.0. The van der Waals surface area contributed by atoms with Gasteiger partial charge in [-0.25, -0.2) is 4.79 Å². The van der Waals surface area contributed by atoms with Gasteiger partial charge in [-0.2, -0.15) is 4.98 Å². The van der Waals surface area contributed by atoms with Crippen LogP contribution >= 0.6 is 0 Å². The lowest BCUT2D eigenvalue weighted by molar-refractivity contribution is 0.252. The highest BCUT2D eigenvalue weighted by Crippen LogP contribution is 2.24. The van der Waals surface area contributed by atoms with Gasteiger partial charge in [0.15, 0.2) is 0 Å². The van der Waals surface area contributed by atoms with Crippen LogP contribution in [0.3, 0.4) is 0 Å². The van der Waals surface area contributed by atoms with Crippen LogP contribution < -0.4 is 20.1 Å². The van der Waals surface area contributed by atoms with E-state index in [0.29, 0.717) is 24.0 Å². The minimum absolute atomic E-state index is 0.292. The van der Waals surface area contributed by atoms with Crippen LogP contribution in [0.5, 0.6) is 11.8 Å². The van der Waals surface area contributed by atoms with E-state index in [2.05, 4.69) is 20.8 Å². The summed E-state index contributed by atoms with van der Waals surface area (Å²) in [5.74, 6) is 1.53. The second-order valence-corrected chi connectivity index (χ2v) is 5.20. The number of nitrogens with zero attached hydrogens (tertiary/aromatic N) is 2. The number of ether oxygens (including phenoxy) is 2. The molecule has 2 N–H and O–H groups in total. The lowest BCUT2D eigenvalue weighted by Crippen LogP contribution is -2.30. The van der Waals surface area contributed by atoms with E-state index in [9.17, 15) is 4.79 Å². The van der Waals surface area contributed by atoms with Gasteiger partial charge in [-0.15, -0.1) is 0 Å². The summed E-state index contributed by atoms with van der Waals surface area (Å²) in [6, 6.07) is 3.00. The minimum Gasteiger partial charge on any atom is -0.481 e. The highest BCUT2D eigenvalue weighted by molar-refractivity contribution is 5.90. The Morgan fingerprint density at radius 2 is 2.04 bits per heavy atom. The van der Waals surface area contributed by atoms with Crippen molar-refractivity contribution >= 4 is 11.7 Å². The zero-order valence-electron chi connectivity index (χ0n) is 14.3. The molecule has 0 saturated heterocycles. The first-order valence-corrected chi connectivity index (χ1v) is 7.60. The van der Waals surface area contributed by atoms with Gasteiger partial charge in [-0.05, 0) is 32.8 Å². The van der Waals surface area contributed by atoms with Gasteiger partial charge in [0.2, 0.25) is 11.8 Å². The van der Waals surface area contributed by atoms with Crippen LogP contribution in [0, 0.1) is 13.8 Å². The van der Waals surface area contributed by atoms with E-state index in [1.54, 1.807) is 12.1 Å². The Hall–Kier alpha value is -2.77. The van der Waals surface area contributed by atoms with E-state index in [0.717, 1.165) is 29.9 Å². The molecule has 2 heterocycles. The summed E-state index contributed by atoms with van der Waals surface area (Å²) in [7, 11) is 3.00. The molecule has 24 heavy (non-hydrogen) atoms. The fourth-order valence-corrected chi connectivity index (χ4v) is 2.28. The van der Waals surface area contributed by atoms with Gasteiger partial charge in [0, 0.05) is 18.2 Å². The Balaban J connectivity index is 1.81. The van der Waals surface area contributed by atoms with Gasteiger partial charge >= 0.3 is 6.03 Å². The van der Waals surface area contributed by atoms with Crippen molar-refractivity contribution < 1.29 is 18.8 Å². The van der Waals surface area contributed by atoms with Crippen LogP contribution in [0.4, 0.5) is 10.5 Å². The average molecular weight is 334 g/mol. The molecular weight excluding hydrogens is 312 g/mol. The number of rotatable bonds is 7. The molecule has 0 aliphatic rings. The van der Waals surface area contributed by atoms with Gasteiger partial charge in [0.1, 0.15) is 11.4 Å². The van der Waals surface area contributed by atoms with E-state index >= 15 is 0 Å². The van der Waals surface area contributed by atoms with Crippen LogP contribution in [0.1, 0.15) is 23.4 Å². The smallest absolute Gasteiger partial charge is 0.319 e. The quantitative estimate of drug-likeness (QED) is 0.755. The molecule has 0 aliphatic carbocycles. The first kappa shape index (κ1) is 17.6. The average Bonchev–Trinajstić information content (AvgIpc) is 2.90. The summed E-state index contributed by atoms with van der Waals surface area (Å²) >= 11 is 0. The van der Waals surface area contributed by atoms with Crippen LogP contribution in [0.25, 0.3) is 0 Å². The summed E-state index contributed by atoms with van der Waals surface area (Å²) in [6.45, 7) is 4.33. The van der Waals surface area contributed by atoms with Crippen molar-refractivity contribution in [2.75, 3.05) is 26.1 Å². The molecule has 8 heteroatoms. The summed E-state index contributed by atoms with van der Waals surface area (Å²) in [5.41, 5.74) is 2.46. The molecule has 0 saturated carbocycles. The van der Waals surface area contributed by atoms with Crippen molar-refractivity contribution in [2.24, 2.45) is 0 Å². The van der Waals surface area contributed by atoms with Gasteiger partial charge in [-0.1, -0.05) is 5.16 Å². The van der Waals surface area contributed by atoms with Gasteiger partial charge < -0.3 is 24.6 Å². The Bertz CT molecular complexity index is 680. The molecule has 0 unspecified atom stereocenters. The molecule has 0 aromatic carbocycles. The van der Waals surface area contributed by atoms with Crippen molar-refractivity contribution in [2.45, 2.75) is 26.7 Å². The zero-order chi connectivity index (χ0) is 17.5. The van der Waals surface area contributed by atoms with Crippen molar-refractivity contribution in [3.05, 3.63) is 29.2 Å². The van der Waals surface area contributed by atoms with Crippen LogP contribution in [0.2, 0.25) is 0 Å². The van der Waals surface area contributed by atoms with Crippen molar-refractivity contribution in [1.29, 1.82) is 0 Å². The fraction of sp³-hybridized carbons (Fsp3) is 0.438. The highest BCUT2D eigenvalue weighted by Gasteiger charge is 2.11. The number of hydrogen-bond donors (Lipinski definition) is 2. The number of carbonyl (C=O) groups excluding carboxylic acids is 1. The standard InChI is InChI=1S/C16H22N4O4/c1-10-12(11(2)24-20-10)6-5-9-17-16(21)18-13-7-8-14(22-3)19-15(13)23-4/h7-8H,5-6,9H2,1-4H3,(H2,17,18,21). The normalized spacial score (nSPS) is 10.3. The maximum Gasteiger partial charge on any atom is 0.319 e. The number of anilines is 1. The lowest BCUT2D eigenvalue weighted by atomic mass is 10.1. The first-order chi connectivity index (χ1) is 11.5. The van der Waals surface area contributed by atoms with E-state index in [4.69, 9.17) is 14.0 Å². The lowest BCUT2D eigenvalue weighted by Gasteiger charge is -2.11. The number of aryl methyl sites for hydroxylation is 2. The molecule has 0 bridgehead atoms. The number of methoxy groups -OCH3 is 2. The minimum atomic E-state index is -0.320. The zero-order valence-corrected chi connectivity index (χ0v) is 14.3. The Morgan fingerprint density at radius 3 is 2.67 bits per heavy atom. The number of nitrogens with one attached hydrogen (secondary N) is 2. The summed E-state index contributed by atoms with van der Waals surface area (Å²) in [6.07, 6.45) is 1.59. The second kappa shape index (κ2) is 8.19. The Morgan fingerprint density at radius 1 is 1.25 bits per heavy atom. The maximum atomic E-state index is 12.0. The van der Waals surface area contributed by atoms with Gasteiger partial charge in [0.25, 0.3) is 0 Å². The predicted octanol–water partition coefficient (Wildman–Crippen LogP) is 2.46. The SMILES string of the molecule is COc1ccc(NC(=O)NCCCc2c(C)noc2C)c(OC)n1. The predicted molar refractivity (Wildman–Crippen MR) is 88.7 cm³/mol. The van der Waals surface area contributed by atoms with Crippen molar-refractivity contribution in [3.63, 3.8) is 0 Å².